The number of non-ortho nitro benzene ring substituents is 1. The van der Waals surface area contributed by atoms with E-state index in [0.29, 0.717) is 23.2 Å². The average Bonchev–Trinajstić information content (AvgIpc) is 3.07. The first-order chi connectivity index (χ1) is 10.1. The Hall–Kier alpha value is -2.28. The molecule has 21 heavy (non-hydrogen) atoms. The monoisotopic (exact) mass is 288 g/mol. The highest BCUT2D eigenvalue weighted by molar-refractivity contribution is 5.63. The second kappa shape index (κ2) is 5.25. The van der Waals surface area contributed by atoms with Gasteiger partial charge in [-0.2, -0.15) is 4.98 Å². The predicted molar refractivity (Wildman–Crippen MR) is 75.7 cm³/mol. The molecule has 7 nitrogen and oxygen atoms in total. The number of hydrogen-bond donors (Lipinski definition) is 1. The van der Waals surface area contributed by atoms with Crippen LogP contribution in [-0.2, 0) is 0 Å². The van der Waals surface area contributed by atoms with Crippen molar-refractivity contribution < 1.29 is 9.45 Å². The van der Waals surface area contributed by atoms with Crippen LogP contribution in [-0.4, -0.2) is 21.6 Å². The highest BCUT2D eigenvalue weighted by atomic mass is 16.6. The Morgan fingerprint density at radius 3 is 2.95 bits per heavy atom. The summed E-state index contributed by atoms with van der Waals surface area (Å²) in [6, 6.07) is 4.71. The number of nitrogens with one attached hydrogen (secondary N) is 1. The van der Waals surface area contributed by atoms with Crippen LogP contribution in [0.5, 0.6) is 0 Å². The molecule has 2 aromatic rings. The SMILES string of the molecule is Cc1ccc([N+](=O)[O-])cc1-c1noc(C2NCCC2C)n1. The Morgan fingerprint density at radius 2 is 2.29 bits per heavy atom. The Bertz CT molecular complexity index is 683. The third-order valence-electron chi connectivity index (χ3n) is 3.91. The first-order valence-electron chi connectivity index (χ1n) is 6.88. The molecule has 0 spiro atoms. The maximum absolute atomic E-state index is 10.9. The largest absolute Gasteiger partial charge is 0.337 e. The first kappa shape index (κ1) is 13.7. The van der Waals surface area contributed by atoms with Gasteiger partial charge in [0, 0.05) is 17.7 Å². The molecule has 0 radical (unpaired) electrons. The molecule has 2 atom stereocenters. The van der Waals surface area contributed by atoms with Crippen LogP contribution >= 0.6 is 0 Å². The summed E-state index contributed by atoms with van der Waals surface area (Å²) in [5.41, 5.74) is 1.53. The van der Waals surface area contributed by atoms with Crippen molar-refractivity contribution in [1.29, 1.82) is 0 Å². The lowest BCUT2D eigenvalue weighted by Crippen LogP contribution is -2.16. The third-order valence-corrected chi connectivity index (χ3v) is 3.91. The molecule has 0 aliphatic carbocycles. The smallest absolute Gasteiger partial charge is 0.270 e. The molecule has 7 heteroatoms. The molecule has 1 aliphatic rings. The molecule has 1 aromatic carbocycles. The molecule has 2 heterocycles. The fraction of sp³-hybridized carbons (Fsp3) is 0.429. The van der Waals surface area contributed by atoms with E-state index in [0.717, 1.165) is 18.5 Å². The van der Waals surface area contributed by atoms with Crippen LogP contribution in [0.1, 0.15) is 30.8 Å². The van der Waals surface area contributed by atoms with Crippen LogP contribution < -0.4 is 5.32 Å². The number of nitrogens with zero attached hydrogens (tertiary/aromatic N) is 3. The summed E-state index contributed by atoms with van der Waals surface area (Å²) in [5.74, 6) is 1.37. The van der Waals surface area contributed by atoms with E-state index >= 15 is 0 Å². The zero-order valence-corrected chi connectivity index (χ0v) is 11.9. The van der Waals surface area contributed by atoms with E-state index in [9.17, 15) is 10.1 Å². The lowest BCUT2D eigenvalue weighted by molar-refractivity contribution is -0.384. The van der Waals surface area contributed by atoms with Gasteiger partial charge in [0.2, 0.25) is 11.7 Å². The van der Waals surface area contributed by atoms with E-state index in [4.69, 9.17) is 4.52 Å². The van der Waals surface area contributed by atoms with Gasteiger partial charge >= 0.3 is 0 Å². The Balaban J connectivity index is 1.96. The molecule has 1 fully saturated rings. The van der Waals surface area contributed by atoms with Crippen LogP contribution in [0.2, 0.25) is 0 Å². The fourth-order valence-electron chi connectivity index (χ4n) is 2.60. The van der Waals surface area contributed by atoms with Crippen LogP contribution in [0.25, 0.3) is 11.4 Å². The average molecular weight is 288 g/mol. The quantitative estimate of drug-likeness (QED) is 0.689. The number of nitro benzene ring substituents is 1. The summed E-state index contributed by atoms with van der Waals surface area (Å²) >= 11 is 0. The molecule has 1 aromatic heterocycles. The molecule has 1 N–H and O–H groups in total. The number of aromatic nitrogens is 2. The first-order valence-corrected chi connectivity index (χ1v) is 6.88. The fourth-order valence-corrected chi connectivity index (χ4v) is 2.60. The van der Waals surface area contributed by atoms with Crippen molar-refractivity contribution in [1.82, 2.24) is 15.5 Å². The van der Waals surface area contributed by atoms with Crippen LogP contribution in [0.15, 0.2) is 22.7 Å². The van der Waals surface area contributed by atoms with Crippen molar-refractivity contribution in [3.63, 3.8) is 0 Å². The Kier molecular flexibility index (Phi) is 3.42. The van der Waals surface area contributed by atoms with E-state index in [-0.39, 0.29) is 11.7 Å². The van der Waals surface area contributed by atoms with Crippen molar-refractivity contribution in [3.8, 4) is 11.4 Å². The van der Waals surface area contributed by atoms with Gasteiger partial charge in [-0.25, -0.2) is 0 Å². The van der Waals surface area contributed by atoms with E-state index < -0.39 is 4.92 Å². The lowest BCUT2D eigenvalue weighted by Gasteiger charge is -2.09. The highest BCUT2D eigenvalue weighted by Gasteiger charge is 2.29. The van der Waals surface area contributed by atoms with Crippen molar-refractivity contribution in [3.05, 3.63) is 39.8 Å². The standard InChI is InChI=1S/C14H16N4O3/c1-8-3-4-10(18(19)20)7-11(8)13-16-14(21-17-13)12-9(2)5-6-15-12/h3-4,7,9,12,15H,5-6H2,1-2H3. The molecule has 0 bridgehead atoms. The summed E-state index contributed by atoms with van der Waals surface area (Å²) in [4.78, 5) is 14.9. The van der Waals surface area contributed by atoms with Crippen LogP contribution in [0.3, 0.4) is 0 Å². The highest BCUT2D eigenvalue weighted by Crippen LogP contribution is 2.31. The topological polar surface area (TPSA) is 94.1 Å². The van der Waals surface area contributed by atoms with Gasteiger partial charge in [0.15, 0.2) is 0 Å². The van der Waals surface area contributed by atoms with Crippen LogP contribution in [0.4, 0.5) is 5.69 Å². The van der Waals surface area contributed by atoms with Gasteiger partial charge in [-0.15, -0.1) is 0 Å². The minimum absolute atomic E-state index is 0.0225. The number of hydrogen-bond acceptors (Lipinski definition) is 6. The molecular formula is C14H16N4O3. The maximum atomic E-state index is 10.9. The van der Waals surface area contributed by atoms with Gasteiger partial charge in [0.1, 0.15) is 0 Å². The number of aryl methyl sites for hydroxylation is 1. The zero-order valence-electron chi connectivity index (χ0n) is 11.9. The number of nitro groups is 1. The van der Waals surface area contributed by atoms with Gasteiger partial charge in [-0.1, -0.05) is 18.1 Å². The van der Waals surface area contributed by atoms with Crippen molar-refractivity contribution in [2.24, 2.45) is 5.92 Å². The van der Waals surface area contributed by atoms with Crippen molar-refractivity contribution >= 4 is 5.69 Å². The van der Waals surface area contributed by atoms with Gasteiger partial charge in [0.25, 0.3) is 5.69 Å². The molecule has 0 saturated carbocycles. The van der Waals surface area contributed by atoms with E-state index in [1.807, 2.05) is 6.92 Å². The summed E-state index contributed by atoms with van der Waals surface area (Å²) < 4.78 is 5.34. The summed E-state index contributed by atoms with van der Waals surface area (Å²) in [7, 11) is 0. The normalized spacial score (nSPS) is 21.6. The second-order valence-electron chi connectivity index (χ2n) is 5.41. The van der Waals surface area contributed by atoms with Crippen molar-refractivity contribution in [2.75, 3.05) is 6.54 Å². The minimum atomic E-state index is -0.426. The zero-order chi connectivity index (χ0) is 15.0. The lowest BCUT2D eigenvalue weighted by atomic mass is 10.0. The van der Waals surface area contributed by atoms with Gasteiger partial charge in [-0.3, -0.25) is 10.1 Å². The molecular weight excluding hydrogens is 272 g/mol. The Morgan fingerprint density at radius 1 is 1.48 bits per heavy atom. The molecule has 1 saturated heterocycles. The molecule has 3 rings (SSSR count). The van der Waals surface area contributed by atoms with E-state index in [1.165, 1.54) is 12.1 Å². The molecule has 110 valence electrons. The van der Waals surface area contributed by atoms with E-state index in [1.54, 1.807) is 6.07 Å². The van der Waals surface area contributed by atoms with Crippen LogP contribution in [0, 0.1) is 23.0 Å². The molecule has 2 unspecified atom stereocenters. The van der Waals surface area contributed by atoms with Gasteiger partial charge in [0.05, 0.1) is 11.0 Å². The number of rotatable bonds is 3. The molecule has 1 aliphatic heterocycles. The van der Waals surface area contributed by atoms with Gasteiger partial charge < -0.3 is 9.84 Å². The van der Waals surface area contributed by atoms with Crippen molar-refractivity contribution in [2.45, 2.75) is 26.3 Å². The summed E-state index contributed by atoms with van der Waals surface area (Å²) in [6.45, 7) is 4.93. The maximum Gasteiger partial charge on any atom is 0.270 e. The van der Waals surface area contributed by atoms with E-state index in [2.05, 4.69) is 22.4 Å². The Labute approximate surface area is 121 Å². The second-order valence-corrected chi connectivity index (χ2v) is 5.41. The molecule has 0 amide bonds. The number of benzene rings is 1. The summed E-state index contributed by atoms with van der Waals surface area (Å²) in [6.07, 6.45) is 1.07. The third kappa shape index (κ3) is 2.52. The van der Waals surface area contributed by atoms with Gasteiger partial charge in [-0.05, 0) is 31.4 Å². The predicted octanol–water partition coefficient (Wildman–Crippen LogP) is 2.62. The summed E-state index contributed by atoms with van der Waals surface area (Å²) in [5, 5.41) is 18.2. The minimum Gasteiger partial charge on any atom is -0.337 e.